The van der Waals surface area contributed by atoms with Crippen molar-refractivity contribution < 1.29 is 18.0 Å². The number of carbonyl (C=O) groups excluding carboxylic acids is 1. The third kappa shape index (κ3) is 5.41. The van der Waals surface area contributed by atoms with Crippen LogP contribution in [-0.2, 0) is 4.79 Å². The van der Waals surface area contributed by atoms with E-state index in [2.05, 4.69) is 17.6 Å². The molecule has 9 nitrogen and oxygen atoms in total. The van der Waals surface area contributed by atoms with Crippen LogP contribution in [-0.4, -0.2) is 64.0 Å². The average molecular weight is 687 g/mol. The van der Waals surface area contributed by atoms with Crippen molar-refractivity contribution in [1.82, 2.24) is 19.4 Å². The van der Waals surface area contributed by atoms with Gasteiger partial charge in [0.2, 0.25) is 5.91 Å². The number of anilines is 2. The minimum atomic E-state index is -1.66. The van der Waals surface area contributed by atoms with Crippen LogP contribution in [0.15, 0.2) is 41.4 Å². The predicted octanol–water partition coefficient (Wildman–Crippen LogP) is 6.18. The number of amides is 1. The number of nitrogens with two attached hydrogens (primary N) is 1. The molecule has 1 fully saturated rings. The van der Waals surface area contributed by atoms with Gasteiger partial charge in [0.1, 0.15) is 23.0 Å². The van der Waals surface area contributed by atoms with E-state index in [0.29, 0.717) is 11.3 Å². The van der Waals surface area contributed by atoms with Gasteiger partial charge in [-0.2, -0.15) is 5.26 Å². The Morgan fingerprint density at radius 2 is 1.89 bits per heavy atom. The van der Waals surface area contributed by atoms with Crippen molar-refractivity contribution in [3.05, 3.63) is 80.0 Å². The molecule has 1 unspecified atom stereocenters. The molecule has 2 aromatic heterocycles. The van der Waals surface area contributed by atoms with Gasteiger partial charge < -0.3 is 20.4 Å². The van der Waals surface area contributed by atoms with Gasteiger partial charge in [-0.15, -0.1) is 0 Å². The summed E-state index contributed by atoms with van der Waals surface area (Å²) in [6.45, 7) is 11.9. The van der Waals surface area contributed by atoms with E-state index in [1.165, 1.54) is 16.7 Å². The fourth-order valence-corrected chi connectivity index (χ4v) is 6.99. The smallest absolute Gasteiger partial charge is 0.276 e. The quantitative estimate of drug-likeness (QED) is 0.148. The number of aromatic nitrogens is 2. The molecule has 47 heavy (non-hydrogen) atoms. The van der Waals surface area contributed by atoms with E-state index in [1.807, 2.05) is 51.9 Å². The number of allylic oxidation sites excluding steroid dienone is 2. The molecule has 2 atom stereocenters. The maximum atomic E-state index is 15.5. The SMILES string of the molecule is C=CC(=O)N1CCN(c2c(C#N)c(=O)n(C3=C(C)C=CN(C)C3C(C)C)c3nc(-c4c(F)c(N)c(F)c(F)c4Cl)c(Cl)cc23)C[C@H]1C. The number of nitrogen functional groups attached to an aromatic ring is 1. The number of pyridine rings is 2. The number of halogens is 5. The van der Waals surface area contributed by atoms with Crippen molar-refractivity contribution in [3.63, 3.8) is 0 Å². The third-order valence-electron chi connectivity index (χ3n) is 8.68. The molecule has 2 aliphatic rings. The van der Waals surface area contributed by atoms with Crippen LogP contribution in [0.5, 0.6) is 0 Å². The molecule has 1 amide bonds. The molecule has 0 spiro atoms. The Kier molecular flexibility index (Phi) is 9.10. The second-order valence-corrected chi connectivity index (χ2v) is 12.8. The number of piperazine rings is 1. The normalized spacial score (nSPS) is 18.4. The summed E-state index contributed by atoms with van der Waals surface area (Å²) in [6, 6.07) is 2.78. The van der Waals surface area contributed by atoms with Gasteiger partial charge in [-0.3, -0.25) is 14.2 Å². The van der Waals surface area contributed by atoms with Crippen LogP contribution in [0.3, 0.4) is 0 Å². The van der Waals surface area contributed by atoms with Crippen LogP contribution in [0.4, 0.5) is 24.5 Å². The summed E-state index contributed by atoms with van der Waals surface area (Å²) in [5.41, 5.74) is 3.88. The highest BCUT2D eigenvalue weighted by molar-refractivity contribution is 6.37. The molecule has 14 heteroatoms. The molecule has 2 aliphatic heterocycles. The van der Waals surface area contributed by atoms with Crippen LogP contribution < -0.4 is 16.2 Å². The van der Waals surface area contributed by atoms with Crippen molar-refractivity contribution in [3.8, 4) is 17.3 Å². The van der Waals surface area contributed by atoms with E-state index in [1.54, 1.807) is 9.80 Å². The van der Waals surface area contributed by atoms with Crippen molar-refractivity contribution in [2.24, 2.45) is 5.92 Å². The zero-order valence-corrected chi connectivity index (χ0v) is 27.8. The number of carbonyl (C=O) groups is 1. The summed E-state index contributed by atoms with van der Waals surface area (Å²) < 4.78 is 46.0. The molecule has 1 aromatic carbocycles. The van der Waals surface area contributed by atoms with E-state index < -0.39 is 39.3 Å². The fraction of sp³-hybridized carbons (Fsp3) is 0.333. The number of fused-ring (bicyclic) bond motifs is 1. The second-order valence-electron chi connectivity index (χ2n) is 12.0. The molecule has 2 N–H and O–H groups in total. The molecular weight excluding hydrogens is 654 g/mol. The van der Waals surface area contributed by atoms with Crippen molar-refractivity contribution in [2.45, 2.75) is 39.8 Å². The highest BCUT2D eigenvalue weighted by Gasteiger charge is 2.35. The molecule has 0 bridgehead atoms. The van der Waals surface area contributed by atoms with E-state index in [9.17, 15) is 23.6 Å². The largest absolute Gasteiger partial charge is 0.394 e. The Hall–Kier alpha value is -4.47. The first-order valence-corrected chi connectivity index (χ1v) is 15.5. The standard InChI is InChI=1S/C33H32Cl2F3N7O2/c1-7-21(46)44-11-10-43(14-17(44)5)31-18-12-20(34)28(22-23(35)25(37)26(38)27(40)24(22)36)41-32(18)45(33(47)19(31)13-39)30-16(4)8-9-42(6)29(30)15(2)3/h7-9,12,15,17,29H,1,10-11,14,40H2,2-6H3/t17-,29?/m1/s1. The van der Waals surface area contributed by atoms with Gasteiger partial charge in [-0.05, 0) is 49.8 Å². The highest BCUT2D eigenvalue weighted by Crippen LogP contribution is 2.43. The number of nitriles is 1. The van der Waals surface area contributed by atoms with Crippen molar-refractivity contribution in [1.29, 1.82) is 5.26 Å². The lowest BCUT2D eigenvalue weighted by atomic mass is 9.93. The summed E-state index contributed by atoms with van der Waals surface area (Å²) >= 11 is 12.9. The summed E-state index contributed by atoms with van der Waals surface area (Å²) in [7, 11) is 1.85. The van der Waals surface area contributed by atoms with Gasteiger partial charge in [-0.25, -0.2) is 18.2 Å². The lowest BCUT2D eigenvalue weighted by molar-refractivity contribution is -0.128. The van der Waals surface area contributed by atoms with E-state index >= 15 is 4.39 Å². The molecule has 0 saturated carbocycles. The number of benzene rings is 1. The summed E-state index contributed by atoms with van der Waals surface area (Å²) in [4.78, 5) is 37.0. The van der Waals surface area contributed by atoms with Gasteiger partial charge in [0, 0.05) is 38.1 Å². The third-order valence-corrected chi connectivity index (χ3v) is 9.32. The maximum Gasteiger partial charge on any atom is 0.276 e. The fourth-order valence-electron chi connectivity index (χ4n) is 6.49. The predicted molar refractivity (Wildman–Crippen MR) is 178 cm³/mol. The van der Waals surface area contributed by atoms with Gasteiger partial charge in [0.15, 0.2) is 17.5 Å². The zero-order chi connectivity index (χ0) is 34.6. The maximum absolute atomic E-state index is 15.5. The van der Waals surface area contributed by atoms with Gasteiger partial charge in [-0.1, -0.05) is 43.6 Å². The Labute approximate surface area is 279 Å². The number of hydrogen-bond donors (Lipinski definition) is 1. The average Bonchev–Trinajstić information content (AvgIpc) is 3.03. The molecular formula is C33H32Cl2F3N7O2. The molecule has 0 aliphatic carbocycles. The topological polar surface area (TPSA) is 111 Å². The summed E-state index contributed by atoms with van der Waals surface area (Å²) in [5, 5.41) is 9.60. The zero-order valence-electron chi connectivity index (χ0n) is 26.3. The Bertz CT molecular complexity index is 1990. The first-order chi connectivity index (χ1) is 22.2. The van der Waals surface area contributed by atoms with E-state index in [0.717, 1.165) is 0 Å². The minimum Gasteiger partial charge on any atom is -0.394 e. The first kappa shape index (κ1) is 33.9. The molecule has 246 valence electrons. The first-order valence-electron chi connectivity index (χ1n) is 14.8. The summed E-state index contributed by atoms with van der Waals surface area (Å²) in [6.07, 6.45) is 4.91. The van der Waals surface area contributed by atoms with Gasteiger partial charge >= 0.3 is 0 Å². The van der Waals surface area contributed by atoms with Crippen molar-refractivity contribution >= 4 is 57.2 Å². The lowest BCUT2D eigenvalue weighted by Gasteiger charge is -2.41. The molecule has 3 aromatic rings. The van der Waals surface area contributed by atoms with Gasteiger partial charge in [0.25, 0.3) is 5.56 Å². The van der Waals surface area contributed by atoms with Crippen LogP contribution in [0.25, 0.3) is 28.0 Å². The molecule has 0 radical (unpaired) electrons. The minimum absolute atomic E-state index is 0.0249. The van der Waals surface area contributed by atoms with E-state index in [4.69, 9.17) is 28.9 Å². The number of rotatable bonds is 5. The summed E-state index contributed by atoms with van der Waals surface area (Å²) in [5.74, 6) is -4.92. The Morgan fingerprint density at radius 3 is 2.49 bits per heavy atom. The van der Waals surface area contributed by atoms with Crippen LogP contribution in [0, 0.1) is 34.7 Å². The lowest BCUT2D eigenvalue weighted by Crippen LogP contribution is -2.54. The second kappa shape index (κ2) is 12.6. The number of hydrogen-bond acceptors (Lipinski definition) is 7. The molecule has 1 saturated heterocycles. The molecule has 4 heterocycles. The number of nitrogens with zero attached hydrogens (tertiary/aromatic N) is 6. The van der Waals surface area contributed by atoms with Crippen LogP contribution in [0.2, 0.25) is 10.0 Å². The van der Waals surface area contributed by atoms with E-state index in [-0.39, 0.29) is 76.5 Å². The Balaban J connectivity index is 1.92. The number of likely N-dealkylation sites (N-methyl/N-ethyl adjacent to an activating group) is 1. The van der Waals surface area contributed by atoms with Gasteiger partial charge in [0.05, 0.1) is 38.7 Å². The van der Waals surface area contributed by atoms with Crippen molar-refractivity contribution in [2.75, 3.05) is 37.3 Å². The Morgan fingerprint density at radius 1 is 1.21 bits per heavy atom. The van der Waals surface area contributed by atoms with Crippen LogP contribution >= 0.6 is 23.2 Å². The van der Waals surface area contributed by atoms with Crippen LogP contribution in [0.1, 0.15) is 33.3 Å². The molecule has 5 rings (SSSR count). The monoisotopic (exact) mass is 685 g/mol. The highest BCUT2D eigenvalue weighted by atomic mass is 35.5.